The molecule has 2 aromatic carbocycles. The number of para-hydroxylation sites is 2. The number of rotatable bonds is 5. The van der Waals surface area contributed by atoms with E-state index >= 15 is 0 Å². The van der Waals surface area contributed by atoms with Gasteiger partial charge in [-0.3, -0.25) is 4.79 Å². The predicted molar refractivity (Wildman–Crippen MR) is 105 cm³/mol. The van der Waals surface area contributed by atoms with Gasteiger partial charge in [-0.2, -0.15) is 0 Å². The molecule has 3 aromatic rings. The highest BCUT2D eigenvalue weighted by Crippen LogP contribution is 2.35. The first-order valence-electron chi connectivity index (χ1n) is 8.81. The quantitative estimate of drug-likeness (QED) is 0.653. The molecule has 2 heterocycles. The van der Waals surface area contributed by atoms with Crippen LogP contribution in [0.3, 0.4) is 0 Å². The number of ether oxygens (including phenoxy) is 2. The molecule has 1 atom stereocenters. The van der Waals surface area contributed by atoms with Gasteiger partial charge < -0.3 is 19.2 Å². The lowest BCUT2D eigenvalue weighted by molar-refractivity contribution is -0.113. The zero-order valence-electron chi connectivity index (χ0n) is 15.5. The van der Waals surface area contributed by atoms with Gasteiger partial charge in [0.25, 0.3) is 11.1 Å². The number of benzene rings is 2. The van der Waals surface area contributed by atoms with Crippen molar-refractivity contribution in [2.45, 2.75) is 25.2 Å². The first kappa shape index (κ1) is 18.4. The molecule has 144 valence electrons. The van der Waals surface area contributed by atoms with Crippen molar-refractivity contribution in [3.05, 3.63) is 59.5 Å². The smallest absolute Gasteiger partial charge is 0.277 e. The Morgan fingerprint density at radius 1 is 1.14 bits per heavy atom. The van der Waals surface area contributed by atoms with Gasteiger partial charge in [0.05, 0.1) is 5.75 Å². The molecule has 0 saturated heterocycles. The number of hydrogen-bond acceptors (Lipinski definition) is 7. The Labute approximate surface area is 166 Å². The molecular weight excluding hydrogens is 378 g/mol. The zero-order valence-corrected chi connectivity index (χ0v) is 16.3. The molecule has 1 aromatic heterocycles. The van der Waals surface area contributed by atoms with Crippen molar-refractivity contribution in [2.75, 3.05) is 17.7 Å². The summed E-state index contributed by atoms with van der Waals surface area (Å²) < 4.78 is 17.1. The summed E-state index contributed by atoms with van der Waals surface area (Å²) >= 11 is 1.18. The van der Waals surface area contributed by atoms with E-state index in [0.29, 0.717) is 22.6 Å². The van der Waals surface area contributed by atoms with Gasteiger partial charge in [0.15, 0.2) is 11.5 Å². The molecule has 28 heavy (non-hydrogen) atoms. The van der Waals surface area contributed by atoms with E-state index in [-0.39, 0.29) is 18.3 Å². The molecular formula is C20H19N3O4S. The lowest BCUT2D eigenvalue weighted by Gasteiger charge is -2.23. The van der Waals surface area contributed by atoms with Gasteiger partial charge in [-0.15, -0.1) is 10.2 Å². The number of amides is 1. The number of fused-ring (bicyclic) bond motifs is 1. The number of carbonyl (C=O) groups is 1. The Morgan fingerprint density at radius 2 is 1.96 bits per heavy atom. The van der Waals surface area contributed by atoms with Crippen LogP contribution in [0.4, 0.5) is 5.69 Å². The summed E-state index contributed by atoms with van der Waals surface area (Å²) in [6.07, 6.45) is -0.472. The van der Waals surface area contributed by atoms with E-state index in [0.717, 1.165) is 16.8 Å². The van der Waals surface area contributed by atoms with Crippen molar-refractivity contribution < 1.29 is 18.7 Å². The average Bonchev–Trinajstić information content (AvgIpc) is 3.19. The second kappa shape index (κ2) is 7.93. The molecule has 1 N–H and O–H groups in total. The molecule has 8 heteroatoms. The van der Waals surface area contributed by atoms with Gasteiger partial charge >= 0.3 is 0 Å². The first-order chi connectivity index (χ1) is 13.6. The Hall–Kier alpha value is -3.00. The number of aryl methyl sites for hydroxylation is 1. The Kier molecular flexibility index (Phi) is 5.21. The highest BCUT2D eigenvalue weighted by molar-refractivity contribution is 7.99. The van der Waals surface area contributed by atoms with Crippen LogP contribution in [0.1, 0.15) is 23.1 Å². The van der Waals surface area contributed by atoms with Crippen LogP contribution in [0.15, 0.2) is 52.1 Å². The van der Waals surface area contributed by atoms with E-state index in [1.54, 1.807) is 0 Å². The van der Waals surface area contributed by atoms with Crippen LogP contribution in [0.2, 0.25) is 0 Å². The van der Waals surface area contributed by atoms with Crippen LogP contribution in [-0.2, 0) is 4.79 Å². The third kappa shape index (κ3) is 3.96. The number of nitrogens with one attached hydrogen (secondary N) is 1. The van der Waals surface area contributed by atoms with E-state index in [2.05, 4.69) is 15.5 Å². The van der Waals surface area contributed by atoms with E-state index in [1.165, 1.54) is 11.8 Å². The fourth-order valence-corrected chi connectivity index (χ4v) is 3.32. The van der Waals surface area contributed by atoms with Crippen LogP contribution < -0.4 is 14.8 Å². The van der Waals surface area contributed by atoms with Gasteiger partial charge in [0, 0.05) is 5.69 Å². The zero-order chi connectivity index (χ0) is 19.5. The fraction of sp³-hybridized carbons (Fsp3) is 0.250. The highest BCUT2D eigenvalue weighted by atomic mass is 32.2. The van der Waals surface area contributed by atoms with Crippen molar-refractivity contribution in [2.24, 2.45) is 0 Å². The maximum absolute atomic E-state index is 12.2. The molecule has 1 aliphatic heterocycles. The number of nitrogens with zero attached hydrogens (tertiary/aromatic N) is 2. The Morgan fingerprint density at radius 3 is 2.82 bits per heavy atom. The summed E-state index contributed by atoms with van der Waals surface area (Å²) in [5.41, 5.74) is 2.99. The third-order valence-corrected chi connectivity index (χ3v) is 5.23. The SMILES string of the molecule is Cc1cccc(NC(=O)CSc2nnc([C@H]3COc4ccccc4O3)o2)c1C. The second-order valence-corrected chi connectivity index (χ2v) is 7.28. The summed E-state index contributed by atoms with van der Waals surface area (Å²) in [6.45, 7) is 4.28. The standard InChI is InChI=1S/C20H19N3O4S/c1-12-6-5-7-14(13(12)2)21-18(24)11-28-20-23-22-19(27-20)17-10-25-15-8-3-4-9-16(15)26-17/h3-9,17H,10-11H2,1-2H3,(H,21,24)/t17-/m1/s1. The summed E-state index contributed by atoms with van der Waals surface area (Å²) in [4.78, 5) is 12.2. The normalized spacial score (nSPS) is 15.3. The molecule has 1 aliphatic rings. The maximum atomic E-state index is 12.2. The van der Waals surface area contributed by atoms with Crippen molar-refractivity contribution in [1.29, 1.82) is 0 Å². The van der Waals surface area contributed by atoms with Crippen molar-refractivity contribution in [1.82, 2.24) is 10.2 Å². The van der Waals surface area contributed by atoms with Crippen LogP contribution in [0.25, 0.3) is 0 Å². The molecule has 0 saturated carbocycles. The van der Waals surface area contributed by atoms with Gasteiger partial charge in [0.2, 0.25) is 12.0 Å². The summed E-state index contributed by atoms with van der Waals surface area (Å²) in [5.74, 6) is 1.69. The van der Waals surface area contributed by atoms with Crippen molar-refractivity contribution in [3.63, 3.8) is 0 Å². The number of carbonyl (C=O) groups excluding carboxylic acids is 1. The Balaban J connectivity index is 1.34. The molecule has 7 nitrogen and oxygen atoms in total. The fourth-order valence-electron chi connectivity index (χ4n) is 2.75. The van der Waals surface area contributed by atoms with Crippen LogP contribution in [-0.4, -0.2) is 28.5 Å². The molecule has 0 aliphatic carbocycles. The third-order valence-electron chi connectivity index (χ3n) is 4.41. The van der Waals surface area contributed by atoms with Crippen molar-refractivity contribution >= 4 is 23.4 Å². The van der Waals surface area contributed by atoms with E-state index in [9.17, 15) is 4.79 Å². The molecule has 0 unspecified atom stereocenters. The molecule has 0 spiro atoms. The first-order valence-corrected chi connectivity index (χ1v) is 9.79. The minimum absolute atomic E-state index is 0.135. The minimum atomic E-state index is -0.472. The average molecular weight is 397 g/mol. The topological polar surface area (TPSA) is 86.5 Å². The van der Waals surface area contributed by atoms with Crippen LogP contribution in [0, 0.1) is 13.8 Å². The minimum Gasteiger partial charge on any atom is -0.485 e. The number of thioether (sulfide) groups is 1. The van der Waals surface area contributed by atoms with Gasteiger partial charge in [-0.1, -0.05) is 36.0 Å². The van der Waals surface area contributed by atoms with Gasteiger partial charge in [-0.25, -0.2) is 0 Å². The van der Waals surface area contributed by atoms with Crippen LogP contribution in [0.5, 0.6) is 11.5 Å². The van der Waals surface area contributed by atoms with Crippen LogP contribution >= 0.6 is 11.8 Å². The maximum Gasteiger partial charge on any atom is 0.277 e. The molecule has 4 rings (SSSR count). The van der Waals surface area contributed by atoms with E-state index in [1.807, 2.05) is 56.3 Å². The van der Waals surface area contributed by atoms with E-state index in [4.69, 9.17) is 13.9 Å². The lowest BCUT2D eigenvalue weighted by atomic mass is 10.1. The number of anilines is 1. The summed E-state index contributed by atoms with van der Waals surface area (Å²) in [6, 6.07) is 13.2. The van der Waals surface area contributed by atoms with Gasteiger partial charge in [-0.05, 0) is 43.2 Å². The van der Waals surface area contributed by atoms with Gasteiger partial charge in [0.1, 0.15) is 6.61 Å². The Bertz CT molecular complexity index is 1000. The molecule has 0 radical (unpaired) electrons. The number of aromatic nitrogens is 2. The predicted octanol–water partition coefficient (Wildman–Crippen LogP) is 3.93. The van der Waals surface area contributed by atoms with E-state index < -0.39 is 6.10 Å². The second-order valence-electron chi connectivity index (χ2n) is 6.35. The number of hydrogen-bond donors (Lipinski definition) is 1. The molecule has 0 bridgehead atoms. The summed E-state index contributed by atoms with van der Waals surface area (Å²) in [5, 5.41) is 11.2. The highest BCUT2D eigenvalue weighted by Gasteiger charge is 2.27. The molecule has 0 fully saturated rings. The summed E-state index contributed by atoms with van der Waals surface area (Å²) in [7, 11) is 0. The monoisotopic (exact) mass is 397 g/mol. The van der Waals surface area contributed by atoms with Crippen molar-refractivity contribution in [3.8, 4) is 11.5 Å². The lowest BCUT2D eigenvalue weighted by Crippen LogP contribution is -2.21. The molecule has 1 amide bonds. The largest absolute Gasteiger partial charge is 0.485 e.